The fourth-order valence-electron chi connectivity index (χ4n) is 2.37. The molecular formula is C15H14BrN3O2. The van der Waals surface area contributed by atoms with E-state index in [1.807, 2.05) is 18.2 Å². The molecule has 2 N–H and O–H groups in total. The van der Waals surface area contributed by atoms with E-state index in [1.54, 1.807) is 23.2 Å². The van der Waals surface area contributed by atoms with Gasteiger partial charge >= 0.3 is 0 Å². The highest BCUT2D eigenvalue weighted by molar-refractivity contribution is 9.10. The van der Waals surface area contributed by atoms with E-state index in [0.29, 0.717) is 17.8 Å². The van der Waals surface area contributed by atoms with Crippen LogP contribution in [-0.4, -0.2) is 23.3 Å². The highest BCUT2D eigenvalue weighted by atomic mass is 79.9. The molecule has 1 aromatic carbocycles. The Kier molecular flexibility index (Phi) is 3.79. The van der Waals surface area contributed by atoms with Crippen LogP contribution in [0.3, 0.4) is 0 Å². The lowest BCUT2D eigenvalue weighted by molar-refractivity contribution is -0.117. The normalized spacial score (nSPS) is 14.5. The van der Waals surface area contributed by atoms with E-state index in [-0.39, 0.29) is 11.8 Å². The second kappa shape index (κ2) is 5.73. The van der Waals surface area contributed by atoms with Crippen molar-refractivity contribution in [3.05, 3.63) is 46.7 Å². The molecular weight excluding hydrogens is 334 g/mol. The summed E-state index contributed by atoms with van der Waals surface area (Å²) >= 11 is 3.29. The Balaban J connectivity index is 1.77. The Labute approximate surface area is 130 Å². The zero-order chi connectivity index (χ0) is 14.8. The van der Waals surface area contributed by atoms with Gasteiger partial charge in [0, 0.05) is 35.0 Å². The molecule has 1 aromatic heterocycles. The lowest BCUT2D eigenvalue weighted by Gasteiger charge is -2.16. The predicted octanol–water partition coefficient (Wildman–Crippen LogP) is 3.16. The molecule has 0 bridgehead atoms. The summed E-state index contributed by atoms with van der Waals surface area (Å²) in [6, 6.07) is 9.05. The van der Waals surface area contributed by atoms with Gasteiger partial charge in [0.05, 0.1) is 0 Å². The lowest BCUT2D eigenvalue weighted by atomic mass is 10.2. The quantitative estimate of drug-likeness (QED) is 0.895. The Morgan fingerprint density at radius 2 is 2.19 bits per heavy atom. The van der Waals surface area contributed by atoms with Crippen molar-refractivity contribution in [1.82, 2.24) is 4.98 Å². The first kappa shape index (κ1) is 13.9. The van der Waals surface area contributed by atoms with Crippen molar-refractivity contribution in [2.75, 3.05) is 16.8 Å². The molecule has 2 amide bonds. The van der Waals surface area contributed by atoms with Gasteiger partial charge in [-0.1, -0.05) is 6.07 Å². The maximum atomic E-state index is 12.1. The fourth-order valence-corrected chi connectivity index (χ4v) is 2.71. The van der Waals surface area contributed by atoms with Crippen LogP contribution in [0.5, 0.6) is 0 Å². The molecule has 108 valence electrons. The SMILES string of the molecule is O=C(Nc1cccc(N2CCCC2=O)c1)c1cc(Br)c[nH]1. The van der Waals surface area contributed by atoms with Gasteiger partial charge in [-0.2, -0.15) is 0 Å². The second-order valence-electron chi connectivity index (χ2n) is 4.88. The zero-order valence-corrected chi connectivity index (χ0v) is 12.8. The summed E-state index contributed by atoms with van der Waals surface area (Å²) in [6.07, 6.45) is 3.17. The molecule has 0 spiro atoms. The molecule has 2 heterocycles. The van der Waals surface area contributed by atoms with Gasteiger partial charge in [-0.05, 0) is 46.6 Å². The van der Waals surface area contributed by atoms with E-state index in [9.17, 15) is 9.59 Å². The molecule has 6 heteroatoms. The van der Waals surface area contributed by atoms with Gasteiger partial charge in [0.1, 0.15) is 5.69 Å². The molecule has 1 saturated heterocycles. The summed E-state index contributed by atoms with van der Waals surface area (Å²) in [5, 5.41) is 2.82. The fraction of sp³-hybridized carbons (Fsp3) is 0.200. The third kappa shape index (κ3) is 3.00. The smallest absolute Gasteiger partial charge is 0.272 e. The van der Waals surface area contributed by atoms with Crippen molar-refractivity contribution < 1.29 is 9.59 Å². The Morgan fingerprint density at radius 1 is 1.33 bits per heavy atom. The molecule has 0 aliphatic carbocycles. The molecule has 0 unspecified atom stereocenters. The molecule has 3 rings (SSSR count). The number of benzene rings is 1. The molecule has 21 heavy (non-hydrogen) atoms. The van der Waals surface area contributed by atoms with E-state index in [1.165, 1.54) is 0 Å². The number of nitrogens with one attached hydrogen (secondary N) is 2. The highest BCUT2D eigenvalue weighted by Gasteiger charge is 2.21. The molecule has 5 nitrogen and oxygen atoms in total. The van der Waals surface area contributed by atoms with E-state index < -0.39 is 0 Å². The summed E-state index contributed by atoms with van der Waals surface area (Å²) < 4.78 is 0.823. The van der Waals surface area contributed by atoms with Crippen LogP contribution < -0.4 is 10.2 Å². The summed E-state index contributed by atoms with van der Waals surface area (Å²) in [6.45, 7) is 0.736. The van der Waals surface area contributed by atoms with Crippen LogP contribution in [0, 0.1) is 0 Å². The minimum Gasteiger partial charge on any atom is -0.356 e. The number of hydrogen-bond donors (Lipinski definition) is 2. The van der Waals surface area contributed by atoms with E-state index in [4.69, 9.17) is 0 Å². The number of nitrogens with zero attached hydrogens (tertiary/aromatic N) is 1. The van der Waals surface area contributed by atoms with Gasteiger partial charge < -0.3 is 15.2 Å². The zero-order valence-electron chi connectivity index (χ0n) is 11.2. The molecule has 0 saturated carbocycles. The van der Waals surface area contributed by atoms with Crippen LogP contribution >= 0.6 is 15.9 Å². The number of carbonyl (C=O) groups is 2. The third-order valence-corrected chi connectivity index (χ3v) is 3.84. The molecule has 2 aromatic rings. The molecule has 1 fully saturated rings. The first-order chi connectivity index (χ1) is 10.1. The molecule has 0 atom stereocenters. The van der Waals surface area contributed by atoms with Crippen molar-refractivity contribution in [3.63, 3.8) is 0 Å². The number of hydrogen-bond acceptors (Lipinski definition) is 2. The number of rotatable bonds is 3. The number of anilines is 2. The number of aromatic nitrogens is 1. The molecule has 1 aliphatic heterocycles. The summed E-state index contributed by atoms with van der Waals surface area (Å²) in [4.78, 5) is 28.5. The first-order valence-corrected chi connectivity index (χ1v) is 7.48. The van der Waals surface area contributed by atoms with E-state index in [2.05, 4.69) is 26.2 Å². The van der Waals surface area contributed by atoms with Gasteiger partial charge in [-0.25, -0.2) is 0 Å². The van der Waals surface area contributed by atoms with Crippen molar-refractivity contribution in [2.24, 2.45) is 0 Å². The average molecular weight is 348 g/mol. The van der Waals surface area contributed by atoms with Crippen molar-refractivity contribution >= 4 is 39.1 Å². The largest absolute Gasteiger partial charge is 0.356 e. The first-order valence-electron chi connectivity index (χ1n) is 6.69. The number of H-pyrrole nitrogens is 1. The second-order valence-corrected chi connectivity index (χ2v) is 5.80. The minimum absolute atomic E-state index is 0.131. The average Bonchev–Trinajstić information content (AvgIpc) is 3.08. The van der Waals surface area contributed by atoms with Gasteiger partial charge in [0.2, 0.25) is 5.91 Å². The summed E-state index contributed by atoms with van der Waals surface area (Å²) in [7, 11) is 0. The topological polar surface area (TPSA) is 65.2 Å². The van der Waals surface area contributed by atoms with Gasteiger partial charge in [-0.3, -0.25) is 9.59 Å². The Hall–Kier alpha value is -2.08. The molecule has 0 radical (unpaired) electrons. The van der Waals surface area contributed by atoms with E-state index >= 15 is 0 Å². The van der Waals surface area contributed by atoms with Gasteiger partial charge in [0.15, 0.2) is 0 Å². The molecule has 1 aliphatic rings. The van der Waals surface area contributed by atoms with Crippen LogP contribution in [0.2, 0.25) is 0 Å². The Morgan fingerprint density at radius 3 is 2.86 bits per heavy atom. The predicted molar refractivity (Wildman–Crippen MR) is 84.5 cm³/mol. The van der Waals surface area contributed by atoms with Crippen molar-refractivity contribution in [2.45, 2.75) is 12.8 Å². The lowest BCUT2D eigenvalue weighted by Crippen LogP contribution is -2.23. The van der Waals surface area contributed by atoms with Crippen LogP contribution in [0.25, 0.3) is 0 Å². The minimum atomic E-state index is -0.217. The van der Waals surface area contributed by atoms with Gasteiger partial charge in [-0.15, -0.1) is 0 Å². The third-order valence-electron chi connectivity index (χ3n) is 3.38. The number of halogens is 1. The standard InChI is InChI=1S/C15H14BrN3O2/c16-10-7-13(17-9-10)15(21)18-11-3-1-4-12(8-11)19-6-2-5-14(19)20/h1,3-4,7-9,17H,2,5-6H2,(H,18,21). The summed E-state index contributed by atoms with van der Waals surface area (Å²) in [5.74, 6) is -0.0858. The maximum absolute atomic E-state index is 12.1. The van der Waals surface area contributed by atoms with Crippen LogP contribution in [0.15, 0.2) is 41.0 Å². The summed E-state index contributed by atoms with van der Waals surface area (Å²) in [5.41, 5.74) is 1.97. The van der Waals surface area contributed by atoms with E-state index in [0.717, 1.165) is 23.1 Å². The van der Waals surface area contributed by atoms with Crippen LogP contribution in [0.1, 0.15) is 23.3 Å². The van der Waals surface area contributed by atoms with Crippen LogP contribution in [-0.2, 0) is 4.79 Å². The number of amides is 2. The highest BCUT2D eigenvalue weighted by Crippen LogP contribution is 2.24. The maximum Gasteiger partial charge on any atom is 0.272 e. The van der Waals surface area contributed by atoms with Gasteiger partial charge in [0.25, 0.3) is 5.91 Å². The monoisotopic (exact) mass is 347 g/mol. The Bertz CT molecular complexity index is 696. The van der Waals surface area contributed by atoms with Crippen molar-refractivity contribution in [3.8, 4) is 0 Å². The number of aromatic amines is 1. The van der Waals surface area contributed by atoms with Crippen LogP contribution in [0.4, 0.5) is 11.4 Å². The van der Waals surface area contributed by atoms with Crippen molar-refractivity contribution in [1.29, 1.82) is 0 Å². The number of carbonyl (C=O) groups excluding carboxylic acids is 2.